The van der Waals surface area contributed by atoms with Crippen molar-refractivity contribution in [2.24, 2.45) is 5.73 Å². The van der Waals surface area contributed by atoms with Gasteiger partial charge in [0.2, 0.25) is 5.91 Å². The van der Waals surface area contributed by atoms with Crippen LogP contribution in [0.25, 0.3) is 0 Å². The van der Waals surface area contributed by atoms with Crippen molar-refractivity contribution in [3.05, 3.63) is 64.6 Å². The summed E-state index contributed by atoms with van der Waals surface area (Å²) in [6.07, 6.45) is 0. The zero-order valence-corrected chi connectivity index (χ0v) is 11.7. The first kappa shape index (κ1) is 12.4. The molecule has 4 heteroatoms. The van der Waals surface area contributed by atoms with Crippen molar-refractivity contribution in [1.82, 2.24) is 0 Å². The highest BCUT2D eigenvalue weighted by atomic mass is 79.9. The third-order valence-corrected chi connectivity index (χ3v) is 3.92. The molecule has 2 aromatic carbocycles. The van der Waals surface area contributed by atoms with Crippen LogP contribution in [0.4, 0.5) is 5.69 Å². The van der Waals surface area contributed by atoms with Crippen molar-refractivity contribution in [2.75, 3.05) is 4.90 Å². The Morgan fingerprint density at radius 3 is 2.26 bits per heavy atom. The fraction of sp³-hybridized carbons (Fsp3) is 0.133. The van der Waals surface area contributed by atoms with Gasteiger partial charge in [0, 0.05) is 10.2 Å². The molecule has 0 unspecified atom stereocenters. The highest BCUT2D eigenvalue weighted by Crippen LogP contribution is 2.38. The molecule has 2 aromatic rings. The molecule has 0 radical (unpaired) electrons. The lowest BCUT2D eigenvalue weighted by Crippen LogP contribution is -2.63. The van der Waals surface area contributed by atoms with Gasteiger partial charge in [-0.05, 0) is 29.8 Å². The summed E-state index contributed by atoms with van der Waals surface area (Å²) in [5, 5.41) is 0. The summed E-state index contributed by atoms with van der Waals surface area (Å²) in [7, 11) is 0. The molecule has 3 nitrogen and oxygen atoms in total. The molecule has 19 heavy (non-hydrogen) atoms. The molecule has 0 aliphatic carbocycles. The largest absolute Gasteiger partial charge is 0.318 e. The number of amides is 1. The summed E-state index contributed by atoms with van der Waals surface area (Å²) < 4.78 is 0.991. The van der Waals surface area contributed by atoms with Crippen molar-refractivity contribution in [2.45, 2.75) is 12.1 Å². The maximum atomic E-state index is 12.0. The zero-order valence-electron chi connectivity index (χ0n) is 10.2. The Morgan fingerprint density at radius 2 is 1.63 bits per heavy atom. The van der Waals surface area contributed by atoms with Gasteiger partial charge in [0.15, 0.2) is 0 Å². The van der Waals surface area contributed by atoms with E-state index in [1.165, 1.54) is 0 Å². The normalized spacial score (nSPS) is 22.2. The molecular formula is C15H13BrN2O. The van der Waals surface area contributed by atoms with Crippen LogP contribution in [0, 0.1) is 0 Å². The first-order valence-electron chi connectivity index (χ1n) is 6.07. The Bertz CT molecular complexity index is 597. The summed E-state index contributed by atoms with van der Waals surface area (Å²) in [6, 6.07) is 17.1. The predicted molar refractivity (Wildman–Crippen MR) is 78.8 cm³/mol. The zero-order chi connectivity index (χ0) is 13.4. The number of rotatable bonds is 2. The van der Waals surface area contributed by atoms with E-state index in [0.717, 1.165) is 15.7 Å². The minimum Gasteiger partial charge on any atom is -0.318 e. The SMILES string of the molecule is N[C@H]1C(=O)N(c2ccc(Br)cc2)[C@H]1c1ccccc1. The Morgan fingerprint density at radius 1 is 1.00 bits per heavy atom. The topological polar surface area (TPSA) is 46.3 Å². The van der Waals surface area contributed by atoms with Crippen LogP contribution in [0.5, 0.6) is 0 Å². The van der Waals surface area contributed by atoms with Crippen molar-refractivity contribution < 1.29 is 4.79 Å². The van der Waals surface area contributed by atoms with E-state index >= 15 is 0 Å². The number of halogens is 1. The second-order valence-corrected chi connectivity index (χ2v) is 5.48. The van der Waals surface area contributed by atoms with Crippen molar-refractivity contribution in [3.63, 3.8) is 0 Å². The number of anilines is 1. The number of carbonyl (C=O) groups excluding carboxylic acids is 1. The van der Waals surface area contributed by atoms with Crippen molar-refractivity contribution in [1.29, 1.82) is 0 Å². The maximum Gasteiger partial charge on any atom is 0.247 e. The van der Waals surface area contributed by atoms with Crippen LogP contribution in [0.15, 0.2) is 59.1 Å². The number of β-lactam (4-membered cyclic amide) rings is 1. The summed E-state index contributed by atoms with van der Waals surface area (Å²) >= 11 is 3.39. The minimum atomic E-state index is -0.453. The fourth-order valence-electron chi connectivity index (χ4n) is 2.41. The molecule has 1 aliphatic rings. The smallest absolute Gasteiger partial charge is 0.247 e. The molecule has 0 spiro atoms. The van der Waals surface area contributed by atoms with Gasteiger partial charge in [-0.1, -0.05) is 46.3 Å². The molecule has 0 saturated carbocycles. The Balaban J connectivity index is 1.96. The summed E-state index contributed by atoms with van der Waals surface area (Å²) in [6.45, 7) is 0. The van der Waals surface area contributed by atoms with Gasteiger partial charge in [0.1, 0.15) is 6.04 Å². The van der Waals surface area contributed by atoms with Crippen LogP contribution in [0.1, 0.15) is 11.6 Å². The molecule has 1 amide bonds. The summed E-state index contributed by atoms with van der Waals surface area (Å²) in [4.78, 5) is 13.8. The monoisotopic (exact) mass is 316 g/mol. The molecular weight excluding hydrogens is 304 g/mol. The van der Waals surface area contributed by atoms with E-state index in [1.807, 2.05) is 54.6 Å². The van der Waals surface area contributed by atoms with Gasteiger partial charge >= 0.3 is 0 Å². The van der Waals surface area contributed by atoms with Gasteiger partial charge in [-0.25, -0.2) is 0 Å². The highest BCUT2D eigenvalue weighted by molar-refractivity contribution is 9.10. The number of carbonyl (C=O) groups is 1. The molecule has 1 heterocycles. The standard InChI is InChI=1S/C15H13BrN2O/c16-11-6-8-12(9-7-11)18-14(13(17)15(18)19)10-4-2-1-3-5-10/h1-9,13-14H,17H2/t13-,14+/m1/s1. The molecule has 1 fully saturated rings. The van der Waals surface area contributed by atoms with Crippen molar-refractivity contribution in [3.8, 4) is 0 Å². The average molecular weight is 317 g/mol. The second-order valence-electron chi connectivity index (χ2n) is 4.57. The van der Waals surface area contributed by atoms with E-state index in [4.69, 9.17) is 5.73 Å². The molecule has 2 N–H and O–H groups in total. The number of nitrogens with zero attached hydrogens (tertiary/aromatic N) is 1. The van der Waals surface area contributed by atoms with Crippen LogP contribution in [0.3, 0.4) is 0 Å². The lowest BCUT2D eigenvalue weighted by molar-refractivity contribution is -0.126. The lowest BCUT2D eigenvalue weighted by Gasteiger charge is -2.45. The van der Waals surface area contributed by atoms with Gasteiger partial charge in [0.05, 0.1) is 6.04 Å². The van der Waals surface area contributed by atoms with E-state index in [1.54, 1.807) is 4.90 Å². The molecule has 2 atom stereocenters. The quantitative estimate of drug-likeness (QED) is 0.866. The van der Waals surface area contributed by atoms with Crippen LogP contribution in [0.2, 0.25) is 0 Å². The second kappa shape index (κ2) is 4.79. The van der Waals surface area contributed by atoms with Crippen molar-refractivity contribution >= 4 is 27.5 Å². The molecule has 0 bridgehead atoms. The maximum absolute atomic E-state index is 12.0. The van der Waals surface area contributed by atoms with Crippen LogP contribution in [-0.4, -0.2) is 11.9 Å². The van der Waals surface area contributed by atoms with Crippen LogP contribution >= 0.6 is 15.9 Å². The van der Waals surface area contributed by atoms with E-state index < -0.39 is 6.04 Å². The molecule has 1 aliphatic heterocycles. The summed E-state index contributed by atoms with van der Waals surface area (Å²) in [5.74, 6) is -0.0313. The molecule has 0 aromatic heterocycles. The van der Waals surface area contributed by atoms with Gasteiger partial charge < -0.3 is 10.6 Å². The Labute approximate surface area is 120 Å². The Hall–Kier alpha value is -1.65. The number of hydrogen-bond acceptors (Lipinski definition) is 2. The fourth-order valence-corrected chi connectivity index (χ4v) is 2.67. The average Bonchev–Trinajstić information content (AvgIpc) is 2.46. The van der Waals surface area contributed by atoms with E-state index in [0.29, 0.717) is 0 Å². The Kier molecular flexibility index (Phi) is 3.12. The third-order valence-electron chi connectivity index (χ3n) is 3.39. The van der Waals surface area contributed by atoms with Gasteiger partial charge in [0.25, 0.3) is 0 Å². The van der Waals surface area contributed by atoms with Gasteiger partial charge in [-0.2, -0.15) is 0 Å². The lowest BCUT2D eigenvalue weighted by atomic mass is 9.88. The van der Waals surface area contributed by atoms with Crippen LogP contribution < -0.4 is 10.6 Å². The third kappa shape index (κ3) is 2.07. The summed E-state index contributed by atoms with van der Waals surface area (Å²) in [5.41, 5.74) is 7.90. The van der Waals surface area contributed by atoms with E-state index in [-0.39, 0.29) is 11.9 Å². The van der Waals surface area contributed by atoms with E-state index in [2.05, 4.69) is 15.9 Å². The van der Waals surface area contributed by atoms with Gasteiger partial charge in [-0.15, -0.1) is 0 Å². The molecule has 1 saturated heterocycles. The first-order valence-corrected chi connectivity index (χ1v) is 6.87. The van der Waals surface area contributed by atoms with Gasteiger partial charge in [-0.3, -0.25) is 4.79 Å². The number of nitrogens with two attached hydrogens (primary N) is 1. The predicted octanol–water partition coefficient (Wildman–Crippen LogP) is 2.86. The first-order chi connectivity index (χ1) is 9.18. The highest BCUT2D eigenvalue weighted by Gasteiger charge is 2.46. The minimum absolute atomic E-state index is 0.0313. The van der Waals surface area contributed by atoms with E-state index in [9.17, 15) is 4.79 Å². The van der Waals surface area contributed by atoms with Crippen LogP contribution in [-0.2, 0) is 4.79 Å². The molecule has 96 valence electrons. The molecule has 3 rings (SSSR count). The number of hydrogen-bond donors (Lipinski definition) is 1. The number of benzene rings is 2.